The Labute approximate surface area is 321 Å². The van der Waals surface area contributed by atoms with Crippen molar-refractivity contribution in [2.75, 3.05) is 95.1 Å². The van der Waals surface area contributed by atoms with Crippen molar-refractivity contribution in [2.24, 2.45) is 0 Å². The second kappa shape index (κ2) is 26.4. The molecule has 0 unspecified atom stereocenters. The van der Waals surface area contributed by atoms with Crippen LogP contribution >= 0.6 is 36.0 Å². The minimum atomic E-state index is -0.319. The van der Waals surface area contributed by atoms with Gasteiger partial charge < -0.3 is 29.4 Å². The summed E-state index contributed by atoms with van der Waals surface area (Å²) in [4.78, 5) is 30.1. The number of methoxy groups -OCH3 is 1. The Morgan fingerprint density at radius 3 is 2.14 bits per heavy atom. The molecule has 2 saturated heterocycles. The van der Waals surface area contributed by atoms with Crippen molar-refractivity contribution >= 4 is 72.0 Å². The Morgan fingerprint density at radius 2 is 1.61 bits per heavy atom. The van der Waals surface area contributed by atoms with Crippen LogP contribution in [-0.4, -0.2) is 124 Å². The molecule has 1 N–H and O–H groups in total. The van der Waals surface area contributed by atoms with E-state index in [1.807, 2.05) is 24.6 Å². The van der Waals surface area contributed by atoms with E-state index < -0.39 is 0 Å². The van der Waals surface area contributed by atoms with Crippen molar-refractivity contribution in [3.8, 4) is 23.9 Å². The van der Waals surface area contributed by atoms with Gasteiger partial charge in [-0.1, -0.05) is 48.6 Å². The van der Waals surface area contributed by atoms with Gasteiger partial charge in [0.2, 0.25) is 0 Å². The van der Waals surface area contributed by atoms with Crippen LogP contribution in [0.1, 0.15) is 31.0 Å². The molecule has 1 amide bonds. The van der Waals surface area contributed by atoms with E-state index >= 15 is 0 Å². The normalized spacial score (nSPS) is 14.3. The van der Waals surface area contributed by atoms with Crippen LogP contribution in [0.4, 0.5) is 11.5 Å². The van der Waals surface area contributed by atoms with Crippen LogP contribution < -0.4 is 14.5 Å². The number of aromatic nitrogens is 2. The Kier molecular flexibility index (Phi) is 23.7. The summed E-state index contributed by atoms with van der Waals surface area (Å²) < 4.78 is 5.45. The number of carbonyl (C=O) groups excluding carboxylic acids is 1. The van der Waals surface area contributed by atoms with E-state index in [4.69, 9.17) is 36.7 Å². The lowest BCUT2D eigenvalue weighted by atomic mass is 10.0. The summed E-state index contributed by atoms with van der Waals surface area (Å²) in [6.07, 6.45) is 9.39. The van der Waals surface area contributed by atoms with E-state index in [0.717, 1.165) is 51.5 Å². The summed E-state index contributed by atoms with van der Waals surface area (Å²) in [7, 11) is 8.25. The van der Waals surface area contributed by atoms with Crippen molar-refractivity contribution in [3.63, 3.8) is 0 Å². The van der Waals surface area contributed by atoms with Crippen LogP contribution in [0.25, 0.3) is 10.8 Å². The number of fused-ring (bicyclic) bond motifs is 2. The first-order valence-corrected chi connectivity index (χ1v) is 19.6. The largest absolute Gasteiger partial charge is 0.467 e. The number of aliphatic hydroxyl groups is 1. The molecule has 2 fully saturated rings. The fourth-order valence-electron chi connectivity index (χ4n) is 5.68. The van der Waals surface area contributed by atoms with E-state index in [9.17, 15) is 4.79 Å². The maximum Gasteiger partial charge on any atom is 0.318 e. The van der Waals surface area contributed by atoms with Crippen LogP contribution in [0.5, 0.6) is 6.01 Å². The summed E-state index contributed by atoms with van der Waals surface area (Å²) >= 11 is 11.9. The molecule has 0 spiro atoms. The smallest absolute Gasteiger partial charge is 0.318 e. The summed E-state index contributed by atoms with van der Waals surface area (Å²) in [5.41, 5.74) is 3.15. The first kappa shape index (κ1) is 45.7. The van der Waals surface area contributed by atoms with Gasteiger partial charge in [-0.3, -0.25) is 4.79 Å². The third-order valence-corrected chi connectivity index (χ3v) is 8.16. The van der Waals surface area contributed by atoms with Gasteiger partial charge in [0.1, 0.15) is 12.4 Å². The quantitative estimate of drug-likeness (QED) is 0.203. The zero-order valence-corrected chi connectivity index (χ0v) is 33.6. The number of piperazine rings is 1. The van der Waals surface area contributed by atoms with Gasteiger partial charge in [-0.2, -0.15) is 39.6 Å². The highest BCUT2D eigenvalue weighted by atomic mass is 35.5. The molecular formula is C37H53BClN7O3S2. The van der Waals surface area contributed by atoms with Crippen molar-refractivity contribution in [1.29, 1.82) is 5.26 Å². The number of ether oxygens (including phenoxy) is 1. The molecule has 14 heteroatoms. The number of hydrogen-bond donors (Lipinski definition) is 2. The molecule has 3 aromatic rings. The lowest BCUT2D eigenvalue weighted by molar-refractivity contribution is -0.125. The molecule has 6 rings (SSSR count). The average Bonchev–Trinajstić information content (AvgIpc) is 3.66. The topological polar surface area (TPSA) is 109 Å². The average molecular weight is 754 g/mol. The molecule has 10 nitrogen and oxygen atoms in total. The molecule has 0 aliphatic carbocycles. The van der Waals surface area contributed by atoms with E-state index in [1.165, 1.54) is 39.7 Å². The van der Waals surface area contributed by atoms with Crippen molar-refractivity contribution in [3.05, 3.63) is 52.7 Å². The molecule has 0 bridgehead atoms. The van der Waals surface area contributed by atoms with E-state index in [1.54, 1.807) is 36.1 Å². The van der Waals surface area contributed by atoms with Crippen molar-refractivity contribution < 1.29 is 14.6 Å². The van der Waals surface area contributed by atoms with Gasteiger partial charge in [0.25, 0.3) is 5.91 Å². The van der Waals surface area contributed by atoms with Crippen molar-refractivity contribution in [1.82, 2.24) is 19.8 Å². The SMILES string of the molecule is CC#N.CN1CCCC1.COc1nc2c(c(N3CCN(C(=O)C#CCO)CC3)n1)CCN(c1cccc3cccc(Cl)c13)C2.CS.CSC.[B]C. The number of likely N-dealkylation sites (tertiary alicyclic amines) is 1. The van der Waals surface area contributed by atoms with Gasteiger partial charge in [-0.05, 0) is 81.6 Å². The van der Waals surface area contributed by atoms with E-state index in [0.29, 0.717) is 38.7 Å². The number of amides is 1. The fraction of sp³-hybridized carbons (Fsp3) is 0.514. The number of thioether (sulfide) groups is 1. The molecule has 3 aliphatic heterocycles. The number of hydrogen-bond acceptors (Lipinski definition) is 11. The first-order valence-electron chi connectivity index (χ1n) is 16.7. The predicted octanol–water partition coefficient (Wildman–Crippen LogP) is 5.47. The Morgan fingerprint density at radius 1 is 1.02 bits per heavy atom. The first-order chi connectivity index (χ1) is 24.8. The molecule has 51 heavy (non-hydrogen) atoms. The number of aliphatic hydroxyl groups excluding tert-OH is 1. The van der Waals surface area contributed by atoms with Crippen LogP contribution in [0.15, 0.2) is 36.4 Å². The molecule has 2 aromatic carbocycles. The van der Waals surface area contributed by atoms with Crippen molar-refractivity contribution in [2.45, 2.75) is 39.6 Å². The fourth-order valence-corrected chi connectivity index (χ4v) is 5.96. The standard InChI is InChI=1S/C26H26ClN5O3.C5H11N.C2H3N.C2H6S.CH3B.CH4S/c1-35-26-28-21-17-32(22-8-3-6-18-5-2-7-20(27)24(18)22)11-10-19(21)25(29-26)31-14-12-30(13-15-31)23(34)9-4-16-33;1-6-4-2-3-5-6;1-2-3;1-3-2;2*1-2/h2-3,5-8,33H,10-17H2,1H3;2-5H2,1H3;1H3;1-2H3;1H3;2H,1H3. The monoisotopic (exact) mass is 753 g/mol. The third kappa shape index (κ3) is 14.3. The number of nitrogens with zero attached hydrogens (tertiary/aromatic N) is 7. The number of rotatable bonds is 3. The molecule has 0 saturated carbocycles. The lowest BCUT2D eigenvalue weighted by Crippen LogP contribution is -2.49. The van der Waals surface area contributed by atoms with Gasteiger partial charge in [-0.25, -0.2) is 0 Å². The Balaban J connectivity index is 0.000000687. The summed E-state index contributed by atoms with van der Waals surface area (Å²) in [6.45, 7) is 9.06. The Hall–Kier alpha value is -3.33. The second-order valence-corrected chi connectivity index (χ2v) is 12.4. The molecule has 276 valence electrons. The molecule has 1 aromatic heterocycles. The second-order valence-electron chi connectivity index (χ2n) is 11.1. The highest BCUT2D eigenvalue weighted by Crippen LogP contribution is 2.37. The van der Waals surface area contributed by atoms with E-state index in [2.05, 4.69) is 78.3 Å². The maximum atomic E-state index is 12.2. The van der Waals surface area contributed by atoms with Gasteiger partial charge in [0, 0.05) is 56.3 Å². The number of thiol groups is 1. The lowest BCUT2D eigenvalue weighted by Gasteiger charge is -2.37. The minimum Gasteiger partial charge on any atom is -0.467 e. The molecule has 4 heterocycles. The van der Waals surface area contributed by atoms with Gasteiger partial charge >= 0.3 is 6.01 Å². The highest BCUT2D eigenvalue weighted by molar-refractivity contribution is 7.97. The summed E-state index contributed by atoms with van der Waals surface area (Å²) in [5.74, 6) is 5.51. The highest BCUT2D eigenvalue weighted by Gasteiger charge is 2.29. The Bertz CT molecular complexity index is 1570. The molecule has 2 radical (unpaired) electrons. The molecule has 0 atom stereocenters. The predicted molar refractivity (Wildman–Crippen MR) is 220 cm³/mol. The van der Waals surface area contributed by atoms with Gasteiger partial charge in [0.05, 0.1) is 38.3 Å². The maximum absolute atomic E-state index is 12.2. The van der Waals surface area contributed by atoms with Crippen LogP contribution in [0, 0.1) is 23.2 Å². The molecule has 3 aliphatic rings. The van der Waals surface area contributed by atoms with Crippen LogP contribution in [-0.2, 0) is 17.8 Å². The van der Waals surface area contributed by atoms with E-state index in [-0.39, 0.29) is 12.5 Å². The zero-order valence-electron chi connectivity index (χ0n) is 31.2. The van der Waals surface area contributed by atoms with Gasteiger partial charge in [-0.15, -0.1) is 0 Å². The van der Waals surface area contributed by atoms with Crippen LogP contribution in [0.2, 0.25) is 11.8 Å². The van der Waals surface area contributed by atoms with Gasteiger partial charge in [0.15, 0.2) is 0 Å². The number of benzene rings is 2. The minimum absolute atomic E-state index is 0.259. The number of carbonyl (C=O) groups is 1. The number of nitriles is 1. The van der Waals surface area contributed by atoms with Crippen LogP contribution in [0.3, 0.4) is 0 Å². The third-order valence-electron chi connectivity index (χ3n) is 7.85. The number of anilines is 2. The molecular weight excluding hydrogens is 701 g/mol. The number of halogens is 1. The summed E-state index contributed by atoms with van der Waals surface area (Å²) in [5, 5.41) is 19.0. The summed E-state index contributed by atoms with van der Waals surface area (Å²) in [6, 6.07) is 14.3. The zero-order chi connectivity index (χ0) is 38.2.